The number of carbonyl (C=O) groups excluding carboxylic acids is 2. The van der Waals surface area contributed by atoms with Crippen LogP contribution in [0.5, 0.6) is 0 Å². The summed E-state index contributed by atoms with van der Waals surface area (Å²) >= 11 is 0. The second-order valence-electron chi connectivity index (χ2n) is 8.11. The fourth-order valence-corrected chi connectivity index (χ4v) is 4.00. The molecule has 3 rings (SSSR count). The van der Waals surface area contributed by atoms with Crippen molar-refractivity contribution in [3.05, 3.63) is 35.1 Å². The number of ether oxygens (including phenoxy) is 1. The zero-order valence-electron chi connectivity index (χ0n) is 15.3. The molecule has 0 aromatic heterocycles. The van der Waals surface area contributed by atoms with Crippen molar-refractivity contribution < 1.29 is 18.7 Å². The molecule has 6 heteroatoms. The summed E-state index contributed by atoms with van der Waals surface area (Å²) in [6.45, 7) is 5.51. The van der Waals surface area contributed by atoms with Crippen LogP contribution in [0.1, 0.15) is 62.4 Å². The first kappa shape index (κ1) is 18.4. The van der Waals surface area contributed by atoms with Gasteiger partial charge in [0.25, 0.3) is 0 Å². The lowest BCUT2D eigenvalue weighted by atomic mass is 9.84. The van der Waals surface area contributed by atoms with E-state index in [4.69, 9.17) is 10.00 Å². The number of hydrogen-bond donors (Lipinski definition) is 0. The lowest BCUT2D eigenvalue weighted by molar-refractivity contribution is 0.00254. The van der Waals surface area contributed by atoms with Crippen molar-refractivity contribution in [2.75, 3.05) is 0 Å². The SMILES string of the molecule is CC(C)(C)OC(=O)N1C2CCC1CC(C(=O)c1ccc(F)c(C#N)c1)C2. The van der Waals surface area contributed by atoms with E-state index in [-0.39, 0.29) is 35.4 Å². The van der Waals surface area contributed by atoms with Gasteiger partial charge in [-0.05, 0) is 64.7 Å². The van der Waals surface area contributed by atoms with Gasteiger partial charge in [-0.25, -0.2) is 9.18 Å². The third kappa shape index (κ3) is 3.57. The Morgan fingerprint density at radius 2 is 1.85 bits per heavy atom. The third-order valence-corrected chi connectivity index (χ3v) is 5.08. The fraction of sp³-hybridized carbons (Fsp3) is 0.550. The van der Waals surface area contributed by atoms with Crippen molar-refractivity contribution in [1.82, 2.24) is 4.90 Å². The van der Waals surface area contributed by atoms with Crippen LogP contribution >= 0.6 is 0 Å². The molecule has 0 aliphatic carbocycles. The van der Waals surface area contributed by atoms with Crippen LogP contribution in [0, 0.1) is 23.1 Å². The molecule has 138 valence electrons. The molecular formula is C20H23FN2O3. The van der Waals surface area contributed by atoms with Gasteiger partial charge in [-0.1, -0.05) is 0 Å². The van der Waals surface area contributed by atoms with Crippen LogP contribution in [0.25, 0.3) is 0 Å². The monoisotopic (exact) mass is 358 g/mol. The van der Waals surface area contributed by atoms with Gasteiger partial charge in [0.05, 0.1) is 5.56 Å². The van der Waals surface area contributed by atoms with Gasteiger partial charge in [0.2, 0.25) is 0 Å². The summed E-state index contributed by atoms with van der Waals surface area (Å²) in [6.07, 6.45) is 2.56. The number of nitriles is 1. The molecule has 0 N–H and O–H groups in total. The van der Waals surface area contributed by atoms with Crippen LogP contribution in [-0.4, -0.2) is 34.5 Å². The Bertz CT molecular complexity index is 764. The standard InChI is InChI=1S/C20H23FN2O3/c1-20(2,3)26-19(25)23-15-5-6-16(23)10-13(9-15)18(24)12-4-7-17(21)14(8-12)11-22/h4,7-8,13,15-16H,5-6,9-10H2,1-3H3. The molecule has 2 saturated heterocycles. The van der Waals surface area contributed by atoms with Gasteiger partial charge in [0.1, 0.15) is 17.5 Å². The Hall–Kier alpha value is -2.42. The first-order valence-electron chi connectivity index (χ1n) is 8.95. The number of carbonyl (C=O) groups is 2. The number of amides is 1. The molecule has 2 bridgehead atoms. The highest BCUT2D eigenvalue weighted by Crippen LogP contribution is 2.40. The summed E-state index contributed by atoms with van der Waals surface area (Å²) in [5.41, 5.74) is -0.312. The van der Waals surface area contributed by atoms with Gasteiger partial charge in [0.15, 0.2) is 5.78 Å². The quantitative estimate of drug-likeness (QED) is 0.748. The van der Waals surface area contributed by atoms with Crippen molar-refractivity contribution in [2.24, 2.45) is 5.92 Å². The van der Waals surface area contributed by atoms with E-state index in [2.05, 4.69) is 0 Å². The highest BCUT2D eigenvalue weighted by Gasteiger charge is 2.46. The van der Waals surface area contributed by atoms with E-state index in [0.717, 1.165) is 18.9 Å². The molecule has 1 aromatic rings. The van der Waals surface area contributed by atoms with Gasteiger partial charge >= 0.3 is 6.09 Å². The minimum Gasteiger partial charge on any atom is -0.444 e. The Morgan fingerprint density at radius 1 is 1.23 bits per heavy atom. The minimum absolute atomic E-state index is 0.00608. The molecule has 2 fully saturated rings. The van der Waals surface area contributed by atoms with Crippen LogP contribution in [0.2, 0.25) is 0 Å². The number of rotatable bonds is 2. The molecule has 0 saturated carbocycles. The maximum absolute atomic E-state index is 13.5. The molecule has 0 radical (unpaired) electrons. The molecule has 2 aliphatic heterocycles. The van der Waals surface area contributed by atoms with Crippen LogP contribution in [0.15, 0.2) is 18.2 Å². The van der Waals surface area contributed by atoms with Gasteiger partial charge in [-0.2, -0.15) is 5.26 Å². The lowest BCUT2D eigenvalue weighted by Crippen LogP contribution is -2.49. The number of nitrogens with zero attached hydrogens (tertiary/aromatic N) is 2. The zero-order chi connectivity index (χ0) is 19.1. The van der Waals surface area contributed by atoms with Crippen LogP contribution in [-0.2, 0) is 4.74 Å². The predicted octanol–water partition coefficient (Wildman–Crippen LogP) is 4.06. The minimum atomic E-state index is -0.621. The summed E-state index contributed by atoms with van der Waals surface area (Å²) in [6, 6.07) is 5.67. The molecule has 2 atom stereocenters. The number of fused-ring (bicyclic) bond motifs is 2. The van der Waals surface area contributed by atoms with Crippen molar-refractivity contribution >= 4 is 11.9 Å². The average Bonchev–Trinajstić information content (AvgIpc) is 2.83. The van der Waals surface area contributed by atoms with Crippen LogP contribution in [0.4, 0.5) is 9.18 Å². The largest absolute Gasteiger partial charge is 0.444 e. The number of hydrogen-bond acceptors (Lipinski definition) is 4. The van der Waals surface area contributed by atoms with E-state index in [1.54, 1.807) is 11.0 Å². The van der Waals surface area contributed by atoms with Crippen molar-refractivity contribution in [3.8, 4) is 6.07 Å². The number of benzene rings is 1. The Kier molecular flexibility index (Phi) is 4.74. The Labute approximate surface area is 152 Å². The average molecular weight is 358 g/mol. The number of Topliss-reactive ketones (excluding diaryl/α,β-unsaturated/α-hetero) is 1. The highest BCUT2D eigenvalue weighted by molar-refractivity contribution is 5.98. The summed E-state index contributed by atoms with van der Waals surface area (Å²) in [7, 11) is 0. The summed E-state index contributed by atoms with van der Waals surface area (Å²) in [4.78, 5) is 27.1. The smallest absolute Gasteiger partial charge is 0.410 e. The zero-order valence-corrected chi connectivity index (χ0v) is 15.3. The predicted molar refractivity (Wildman–Crippen MR) is 93.1 cm³/mol. The molecule has 5 nitrogen and oxygen atoms in total. The summed E-state index contributed by atoms with van der Waals surface area (Å²) in [5, 5.41) is 8.96. The van der Waals surface area contributed by atoms with Crippen molar-refractivity contribution in [1.29, 1.82) is 5.26 Å². The highest BCUT2D eigenvalue weighted by atomic mass is 19.1. The molecule has 2 aliphatic rings. The van der Waals surface area contributed by atoms with Crippen molar-refractivity contribution in [2.45, 2.75) is 64.1 Å². The maximum atomic E-state index is 13.5. The first-order valence-corrected chi connectivity index (χ1v) is 8.95. The first-order chi connectivity index (χ1) is 12.2. The molecule has 1 amide bonds. The molecular weight excluding hydrogens is 335 g/mol. The second kappa shape index (κ2) is 6.71. The van der Waals surface area contributed by atoms with Gasteiger partial charge < -0.3 is 9.64 Å². The number of halogens is 1. The Balaban J connectivity index is 1.74. The van der Waals surface area contributed by atoms with Crippen LogP contribution in [0.3, 0.4) is 0 Å². The van der Waals surface area contributed by atoms with E-state index in [9.17, 15) is 14.0 Å². The fourth-order valence-electron chi connectivity index (χ4n) is 4.00. The number of ketones is 1. The topological polar surface area (TPSA) is 70.4 Å². The lowest BCUT2D eigenvalue weighted by Gasteiger charge is -2.39. The van der Waals surface area contributed by atoms with E-state index < -0.39 is 11.4 Å². The van der Waals surface area contributed by atoms with E-state index in [1.165, 1.54) is 12.1 Å². The molecule has 1 aromatic carbocycles. The van der Waals surface area contributed by atoms with Gasteiger partial charge in [-0.3, -0.25) is 4.79 Å². The van der Waals surface area contributed by atoms with Crippen molar-refractivity contribution in [3.63, 3.8) is 0 Å². The summed E-state index contributed by atoms with van der Waals surface area (Å²) in [5.74, 6) is -0.922. The van der Waals surface area contributed by atoms with E-state index in [0.29, 0.717) is 18.4 Å². The molecule has 0 spiro atoms. The molecule has 26 heavy (non-hydrogen) atoms. The van der Waals surface area contributed by atoms with E-state index in [1.807, 2.05) is 20.8 Å². The number of piperidine rings is 1. The maximum Gasteiger partial charge on any atom is 0.410 e. The third-order valence-electron chi connectivity index (χ3n) is 5.08. The molecule has 2 unspecified atom stereocenters. The summed E-state index contributed by atoms with van der Waals surface area (Å²) < 4.78 is 19.0. The van der Waals surface area contributed by atoms with Gasteiger partial charge in [0, 0.05) is 23.6 Å². The Morgan fingerprint density at radius 3 is 2.38 bits per heavy atom. The molecule has 2 heterocycles. The normalized spacial score (nSPS) is 24.9. The van der Waals surface area contributed by atoms with E-state index >= 15 is 0 Å². The van der Waals surface area contributed by atoms with Gasteiger partial charge in [-0.15, -0.1) is 0 Å². The van der Waals surface area contributed by atoms with Crippen LogP contribution < -0.4 is 0 Å². The second-order valence-corrected chi connectivity index (χ2v) is 8.11.